The zero-order chi connectivity index (χ0) is 20.8. The molecule has 4 saturated heterocycles. The van der Waals surface area contributed by atoms with Crippen molar-refractivity contribution in [1.29, 1.82) is 0 Å². The van der Waals surface area contributed by atoms with Crippen LogP contribution in [0.4, 0.5) is 5.69 Å². The number of anilines is 1. The van der Waals surface area contributed by atoms with Crippen LogP contribution in [0.5, 0.6) is 0 Å². The van der Waals surface area contributed by atoms with Crippen LogP contribution in [0.15, 0.2) is 24.3 Å². The first kappa shape index (κ1) is 19.5. The summed E-state index contributed by atoms with van der Waals surface area (Å²) in [6, 6.07) is 7.96. The second kappa shape index (κ2) is 7.69. The minimum absolute atomic E-state index is 0.102. The third-order valence-corrected chi connectivity index (χ3v) is 7.44. The minimum Gasteiger partial charge on any atom is -0.368 e. The fraction of sp³-hybridized carbons (Fsp3) is 0.609. The summed E-state index contributed by atoms with van der Waals surface area (Å²) in [5, 5.41) is 0. The van der Waals surface area contributed by atoms with E-state index in [2.05, 4.69) is 17.0 Å². The molecule has 4 fully saturated rings. The Morgan fingerprint density at radius 2 is 1.73 bits per heavy atom. The van der Waals surface area contributed by atoms with E-state index in [-0.39, 0.29) is 29.7 Å². The van der Waals surface area contributed by atoms with E-state index < -0.39 is 6.04 Å². The Hall–Kier alpha value is -2.41. The number of nitrogens with zero attached hydrogens (tertiary/aromatic N) is 3. The Balaban J connectivity index is 1.31. The van der Waals surface area contributed by atoms with Crippen LogP contribution in [0.2, 0.25) is 0 Å². The number of primary amides is 1. The standard InChI is InChI=1S/C23H30N4O3/c24-23(30)22-17-11-16(19-3-1-4-21(29)27(19)22)13-25(14-17)12-15-6-8-18(9-7-15)26-10-2-5-20(26)28/h6-9,16-17,19,22H,1-5,10-14H2,(H2,24,30)/t16-,17+,19-,22+/m0/s1. The molecule has 0 radical (unpaired) electrons. The molecule has 0 unspecified atom stereocenters. The van der Waals surface area contributed by atoms with Crippen molar-refractivity contribution in [3.05, 3.63) is 29.8 Å². The quantitative estimate of drug-likeness (QED) is 0.815. The first-order chi connectivity index (χ1) is 14.5. The van der Waals surface area contributed by atoms with E-state index >= 15 is 0 Å². The van der Waals surface area contributed by atoms with Crippen LogP contribution >= 0.6 is 0 Å². The zero-order valence-corrected chi connectivity index (χ0v) is 17.3. The van der Waals surface area contributed by atoms with Gasteiger partial charge in [-0.15, -0.1) is 0 Å². The van der Waals surface area contributed by atoms with Gasteiger partial charge in [0.2, 0.25) is 17.7 Å². The molecule has 4 heterocycles. The summed E-state index contributed by atoms with van der Waals surface area (Å²) in [7, 11) is 0. The Kier molecular flexibility index (Phi) is 5.01. The SMILES string of the molecule is NC(=O)[C@H]1[C@@H]2C[C@@H](CN(Cc3ccc(N4CCCC4=O)cc3)C2)[C@@H]2CCCC(=O)N21. The molecular weight excluding hydrogens is 380 g/mol. The fourth-order valence-corrected chi connectivity index (χ4v) is 6.21. The van der Waals surface area contributed by atoms with Gasteiger partial charge in [-0.05, 0) is 49.3 Å². The van der Waals surface area contributed by atoms with Crippen molar-refractivity contribution in [3.8, 4) is 0 Å². The van der Waals surface area contributed by atoms with Crippen LogP contribution in [-0.2, 0) is 20.9 Å². The first-order valence-electron chi connectivity index (χ1n) is 11.2. The number of nitrogens with two attached hydrogens (primary N) is 1. The number of hydrogen-bond acceptors (Lipinski definition) is 4. The smallest absolute Gasteiger partial charge is 0.240 e. The van der Waals surface area contributed by atoms with Gasteiger partial charge in [0.1, 0.15) is 6.04 Å². The molecule has 0 aliphatic carbocycles. The van der Waals surface area contributed by atoms with Crippen molar-refractivity contribution in [2.75, 3.05) is 24.5 Å². The summed E-state index contributed by atoms with van der Waals surface area (Å²) in [6.07, 6.45) is 4.96. The van der Waals surface area contributed by atoms with Crippen molar-refractivity contribution in [3.63, 3.8) is 0 Å². The highest BCUT2D eigenvalue weighted by Gasteiger charge is 2.51. The van der Waals surface area contributed by atoms with Gasteiger partial charge < -0.3 is 15.5 Å². The number of piperidine rings is 3. The summed E-state index contributed by atoms with van der Waals surface area (Å²) in [6.45, 7) is 3.35. The van der Waals surface area contributed by atoms with E-state index in [1.165, 1.54) is 5.56 Å². The summed E-state index contributed by atoms with van der Waals surface area (Å²) >= 11 is 0. The number of hydrogen-bond donors (Lipinski definition) is 1. The predicted molar refractivity (Wildman–Crippen MR) is 112 cm³/mol. The van der Waals surface area contributed by atoms with Crippen molar-refractivity contribution in [2.45, 2.75) is 57.2 Å². The van der Waals surface area contributed by atoms with Gasteiger partial charge in [0.15, 0.2) is 0 Å². The Bertz CT molecular complexity index is 855. The molecule has 4 aliphatic heterocycles. The van der Waals surface area contributed by atoms with Gasteiger partial charge >= 0.3 is 0 Å². The van der Waals surface area contributed by atoms with Gasteiger partial charge in [-0.2, -0.15) is 0 Å². The monoisotopic (exact) mass is 410 g/mol. The lowest BCUT2D eigenvalue weighted by Crippen LogP contribution is -2.67. The highest BCUT2D eigenvalue weighted by Crippen LogP contribution is 2.41. The predicted octanol–water partition coefficient (Wildman–Crippen LogP) is 1.50. The molecule has 0 aromatic heterocycles. The molecule has 4 aliphatic rings. The van der Waals surface area contributed by atoms with E-state index in [1.807, 2.05) is 21.9 Å². The maximum absolute atomic E-state index is 12.6. The maximum atomic E-state index is 12.6. The van der Waals surface area contributed by atoms with Gasteiger partial charge in [-0.25, -0.2) is 0 Å². The van der Waals surface area contributed by atoms with E-state index in [9.17, 15) is 14.4 Å². The maximum Gasteiger partial charge on any atom is 0.240 e. The number of rotatable bonds is 4. The third kappa shape index (κ3) is 3.39. The van der Waals surface area contributed by atoms with E-state index in [0.717, 1.165) is 57.5 Å². The van der Waals surface area contributed by atoms with Crippen LogP contribution in [0.25, 0.3) is 0 Å². The molecule has 7 heteroatoms. The summed E-state index contributed by atoms with van der Waals surface area (Å²) in [4.78, 5) is 43.0. The molecule has 3 amide bonds. The van der Waals surface area contributed by atoms with Gasteiger partial charge in [-0.1, -0.05) is 12.1 Å². The number of carbonyl (C=O) groups excluding carboxylic acids is 3. The number of carbonyl (C=O) groups is 3. The second-order valence-electron chi connectivity index (χ2n) is 9.37. The van der Waals surface area contributed by atoms with Crippen LogP contribution < -0.4 is 10.6 Å². The highest BCUT2D eigenvalue weighted by atomic mass is 16.2. The number of benzene rings is 1. The van der Waals surface area contributed by atoms with Gasteiger partial charge in [-0.3, -0.25) is 19.3 Å². The van der Waals surface area contributed by atoms with E-state index in [4.69, 9.17) is 5.73 Å². The molecule has 7 nitrogen and oxygen atoms in total. The average molecular weight is 411 g/mol. The minimum atomic E-state index is -0.467. The van der Waals surface area contributed by atoms with Crippen molar-refractivity contribution in [1.82, 2.24) is 9.80 Å². The lowest BCUT2D eigenvalue weighted by atomic mass is 9.72. The molecule has 2 N–H and O–H groups in total. The van der Waals surface area contributed by atoms with E-state index in [1.54, 1.807) is 0 Å². The number of amides is 3. The van der Waals surface area contributed by atoms with Crippen molar-refractivity contribution in [2.24, 2.45) is 17.6 Å². The van der Waals surface area contributed by atoms with Crippen LogP contribution in [0, 0.1) is 11.8 Å². The zero-order valence-electron chi connectivity index (χ0n) is 17.3. The second-order valence-corrected chi connectivity index (χ2v) is 9.37. The molecule has 30 heavy (non-hydrogen) atoms. The number of likely N-dealkylation sites (tertiary alicyclic amines) is 1. The summed E-state index contributed by atoms with van der Waals surface area (Å²) < 4.78 is 0. The summed E-state index contributed by atoms with van der Waals surface area (Å²) in [5.41, 5.74) is 7.95. The summed E-state index contributed by atoms with van der Waals surface area (Å²) in [5.74, 6) is 0.465. The van der Waals surface area contributed by atoms with Gasteiger partial charge in [0, 0.05) is 56.7 Å². The highest BCUT2D eigenvalue weighted by molar-refractivity contribution is 5.95. The van der Waals surface area contributed by atoms with Crippen LogP contribution in [-0.4, -0.2) is 59.2 Å². The molecule has 1 aromatic rings. The topological polar surface area (TPSA) is 87.0 Å². The molecule has 160 valence electrons. The molecule has 2 bridgehead atoms. The largest absolute Gasteiger partial charge is 0.368 e. The third-order valence-electron chi connectivity index (χ3n) is 7.44. The normalized spacial score (nSPS) is 31.7. The van der Waals surface area contributed by atoms with Crippen LogP contribution in [0.1, 0.15) is 44.1 Å². The molecule has 5 rings (SSSR count). The average Bonchev–Trinajstić information content (AvgIpc) is 3.15. The van der Waals surface area contributed by atoms with Crippen molar-refractivity contribution >= 4 is 23.4 Å². The lowest BCUT2D eigenvalue weighted by molar-refractivity contribution is -0.159. The van der Waals surface area contributed by atoms with Crippen LogP contribution in [0.3, 0.4) is 0 Å². The Morgan fingerprint density at radius 3 is 2.43 bits per heavy atom. The van der Waals surface area contributed by atoms with Gasteiger partial charge in [0.05, 0.1) is 0 Å². The Morgan fingerprint density at radius 1 is 1.00 bits per heavy atom. The molecular formula is C23H30N4O3. The number of fused-ring (bicyclic) bond motifs is 4. The Labute approximate surface area is 177 Å². The molecule has 1 aromatic carbocycles. The van der Waals surface area contributed by atoms with Gasteiger partial charge in [0.25, 0.3) is 0 Å². The first-order valence-corrected chi connectivity index (χ1v) is 11.2. The van der Waals surface area contributed by atoms with Crippen molar-refractivity contribution < 1.29 is 14.4 Å². The molecule has 4 atom stereocenters. The lowest BCUT2D eigenvalue weighted by Gasteiger charge is -2.55. The van der Waals surface area contributed by atoms with E-state index in [0.29, 0.717) is 18.8 Å². The molecule has 0 spiro atoms. The fourth-order valence-electron chi connectivity index (χ4n) is 6.21. The molecule has 0 saturated carbocycles.